The predicted octanol–water partition coefficient (Wildman–Crippen LogP) is 2.81. The molecule has 0 bridgehead atoms. The van der Waals surface area contributed by atoms with Crippen molar-refractivity contribution in [2.24, 2.45) is 0 Å². The van der Waals surface area contributed by atoms with Gasteiger partial charge in [0.05, 0.1) is 19.3 Å². The van der Waals surface area contributed by atoms with E-state index in [1.165, 1.54) is 25.7 Å². The molecule has 3 nitrogen and oxygen atoms in total. The van der Waals surface area contributed by atoms with E-state index in [9.17, 15) is 0 Å². The molecule has 0 saturated heterocycles. The lowest BCUT2D eigenvalue weighted by atomic mass is 10.00. The van der Waals surface area contributed by atoms with Crippen LogP contribution in [-0.4, -0.2) is 19.3 Å². The van der Waals surface area contributed by atoms with Gasteiger partial charge >= 0.3 is 0 Å². The molecule has 1 spiro atoms. The number of ether oxygens (including phenoxy) is 2. The van der Waals surface area contributed by atoms with E-state index in [1.54, 1.807) is 7.11 Å². The van der Waals surface area contributed by atoms with E-state index in [2.05, 4.69) is 5.32 Å². The number of anilines is 1. The lowest BCUT2D eigenvalue weighted by Crippen LogP contribution is -2.43. The van der Waals surface area contributed by atoms with Crippen LogP contribution >= 0.6 is 0 Å². The van der Waals surface area contributed by atoms with Crippen molar-refractivity contribution >= 4 is 5.69 Å². The lowest BCUT2D eigenvalue weighted by Gasteiger charge is -2.36. The first-order valence-corrected chi connectivity index (χ1v) is 5.92. The number of fused-ring (bicyclic) bond motifs is 1. The maximum Gasteiger partial charge on any atom is 0.143 e. The lowest BCUT2D eigenvalue weighted by molar-refractivity contribution is 0.0829. The van der Waals surface area contributed by atoms with Crippen LogP contribution in [0.3, 0.4) is 0 Å². The Bertz CT molecular complexity index is 397. The van der Waals surface area contributed by atoms with Crippen molar-refractivity contribution in [2.45, 2.75) is 31.3 Å². The highest BCUT2D eigenvalue weighted by Gasteiger charge is 2.39. The van der Waals surface area contributed by atoms with Crippen molar-refractivity contribution < 1.29 is 9.47 Å². The van der Waals surface area contributed by atoms with Gasteiger partial charge in [-0.2, -0.15) is 0 Å². The van der Waals surface area contributed by atoms with Crippen LogP contribution in [0.15, 0.2) is 18.2 Å². The Hall–Kier alpha value is -1.38. The van der Waals surface area contributed by atoms with Gasteiger partial charge in [-0.25, -0.2) is 0 Å². The van der Waals surface area contributed by atoms with E-state index in [4.69, 9.17) is 9.47 Å². The molecule has 16 heavy (non-hydrogen) atoms. The molecule has 1 aromatic rings. The molecule has 86 valence electrons. The van der Waals surface area contributed by atoms with Gasteiger partial charge < -0.3 is 14.8 Å². The molecule has 2 aliphatic rings. The summed E-state index contributed by atoms with van der Waals surface area (Å²) in [5, 5.41) is 3.47. The number of methoxy groups -OCH3 is 1. The summed E-state index contributed by atoms with van der Waals surface area (Å²) < 4.78 is 11.4. The van der Waals surface area contributed by atoms with Gasteiger partial charge in [-0.1, -0.05) is 0 Å². The summed E-state index contributed by atoms with van der Waals surface area (Å²) in [6, 6.07) is 5.95. The van der Waals surface area contributed by atoms with E-state index < -0.39 is 0 Å². The fourth-order valence-electron chi connectivity index (χ4n) is 2.69. The standard InChI is InChI=1S/C13H17NO2/c1-15-10-4-5-12-11(8-10)14-9-13(16-12)6-2-3-7-13/h4-5,8,14H,2-3,6-7,9H2,1H3. The largest absolute Gasteiger partial charge is 0.497 e. The molecule has 0 radical (unpaired) electrons. The Morgan fingerprint density at radius 1 is 1.31 bits per heavy atom. The zero-order chi connectivity index (χ0) is 11.0. The maximum absolute atomic E-state index is 6.16. The van der Waals surface area contributed by atoms with Gasteiger partial charge in [-0.15, -0.1) is 0 Å². The first-order valence-electron chi connectivity index (χ1n) is 5.92. The molecule has 1 aromatic carbocycles. The van der Waals surface area contributed by atoms with Crippen LogP contribution in [0.4, 0.5) is 5.69 Å². The van der Waals surface area contributed by atoms with Crippen LogP contribution in [0, 0.1) is 0 Å². The van der Waals surface area contributed by atoms with Gasteiger partial charge in [0.1, 0.15) is 17.1 Å². The van der Waals surface area contributed by atoms with Gasteiger partial charge in [0.15, 0.2) is 0 Å². The second-order valence-electron chi connectivity index (χ2n) is 4.71. The van der Waals surface area contributed by atoms with Gasteiger partial charge in [0, 0.05) is 6.07 Å². The minimum Gasteiger partial charge on any atom is -0.497 e. The zero-order valence-corrected chi connectivity index (χ0v) is 9.58. The van der Waals surface area contributed by atoms with Crippen molar-refractivity contribution in [2.75, 3.05) is 19.0 Å². The molecule has 1 aliphatic carbocycles. The molecule has 1 saturated carbocycles. The molecule has 0 atom stereocenters. The second-order valence-corrected chi connectivity index (χ2v) is 4.71. The van der Waals surface area contributed by atoms with Crippen molar-refractivity contribution in [1.29, 1.82) is 0 Å². The summed E-state index contributed by atoms with van der Waals surface area (Å²) >= 11 is 0. The highest BCUT2D eigenvalue weighted by atomic mass is 16.5. The fourth-order valence-corrected chi connectivity index (χ4v) is 2.69. The zero-order valence-electron chi connectivity index (χ0n) is 9.58. The third-order valence-electron chi connectivity index (χ3n) is 3.63. The fraction of sp³-hybridized carbons (Fsp3) is 0.538. The third-order valence-corrected chi connectivity index (χ3v) is 3.63. The Labute approximate surface area is 95.8 Å². The van der Waals surface area contributed by atoms with Crippen LogP contribution in [0.2, 0.25) is 0 Å². The topological polar surface area (TPSA) is 30.5 Å². The van der Waals surface area contributed by atoms with Crippen LogP contribution in [0.5, 0.6) is 11.5 Å². The molecule has 0 aromatic heterocycles. The van der Waals surface area contributed by atoms with Crippen molar-refractivity contribution in [3.63, 3.8) is 0 Å². The van der Waals surface area contributed by atoms with Gasteiger partial charge in [-0.3, -0.25) is 0 Å². The first-order chi connectivity index (χ1) is 7.81. The highest BCUT2D eigenvalue weighted by molar-refractivity contribution is 5.61. The van der Waals surface area contributed by atoms with Crippen molar-refractivity contribution in [3.8, 4) is 11.5 Å². The Morgan fingerprint density at radius 3 is 2.88 bits per heavy atom. The molecular formula is C13H17NO2. The monoisotopic (exact) mass is 219 g/mol. The average molecular weight is 219 g/mol. The summed E-state index contributed by atoms with van der Waals surface area (Å²) in [5.41, 5.74) is 1.11. The quantitative estimate of drug-likeness (QED) is 0.787. The van der Waals surface area contributed by atoms with E-state index in [1.807, 2.05) is 18.2 Å². The normalized spacial score (nSPS) is 21.1. The number of hydrogen-bond acceptors (Lipinski definition) is 3. The van der Waals surface area contributed by atoms with Crippen LogP contribution in [0.1, 0.15) is 25.7 Å². The van der Waals surface area contributed by atoms with E-state index in [0.29, 0.717) is 0 Å². The average Bonchev–Trinajstić information content (AvgIpc) is 2.77. The van der Waals surface area contributed by atoms with Gasteiger partial charge in [0.25, 0.3) is 0 Å². The number of nitrogens with one attached hydrogen (secondary N) is 1. The minimum absolute atomic E-state index is 0.0571. The summed E-state index contributed by atoms with van der Waals surface area (Å²) in [7, 11) is 1.68. The summed E-state index contributed by atoms with van der Waals surface area (Å²) in [6.45, 7) is 0.924. The maximum atomic E-state index is 6.16. The first kappa shape index (κ1) is 9.82. The molecule has 1 N–H and O–H groups in total. The van der Waals surface area contributed by atoms with E-state index >= 15 is 0 Å². The SMILES string of the molecule is COc1ccc2c(c1)NCC1(CCCC1)O2. The van der Waals surface area contributed by atoms with Crippen LogP contribution in [0.25, 0.3) is 0 Å². The Kier molecular flexibility index (Phi) is 2.20. The Morgan fingerprint density at radius 2 is 2.12 bits per heavy atom. The molecule has 3 heteroatoms. The van der Waals surface area contributed by atoms with Gasteiger partial charge in [0.2, 0.25) is 0 Å². The van der Waals surface area contributed by atoms with E-state index in [0.717, 1.165) is 23.7 Å². The molecule has 1 fully saturated rings. The molecule has 3 rings (SSSR count). The molecule has 1 heterocycles. The summed E-state index contributed by atoms with van der Waals surface area (Å²) in [4.78, 5) is 0. The van der Waals surface area contributed by atoms with Crippen molar-refractivity contribution in [1.82, 2.24) is 0 Å². The number of benzene rings is 1. The van der Waals surface area contributed by atoms with Crippen LogP contribution in [-0.2, 0) is 0 Å². The molecule has 0 amide bonds. The number of hydrogen-bond donors (Lipinski definition) is 1. The summed E-state index contributed by atoms with van der Waals surface area (Å²) in [5.74, 6) is 1.84. The molecule has 1 aliphatic heterocycles. The van der Waals surface area contributed by atoms with Crippen molar-refractivity contribution in [3.05, 3.63) is 18.2 Å². The highest BCUT2D eigenvalue weighted by Crippen LogP contribution is 2.42. The smallest absolute Gasteiger partial charge is 0.143 e. The molecular weight excluding hydrogens is 202 g/mol. The Balaban J connectivity index is 1.89. The van der Waals surface area contributed by atoms with E-state index in [-0.39, 0.29) is 5.60 Å². The second kappa shape index (κ2) is 3.58. The van der Waals surface area contributed by atoms with Gasteiger partial charge in [-0.05, 0) is 37.8 Å². The minimum atomic E-state index is 0.0571. The number of rotatable bonds is 1. The predicted molar refractivity (Wildman–Crippen MR) is 63.3 cm³/mol. The molecule has 0 unspecified atom stereocenters. The third kappa shape index (κ3) is 1.51. The van der Waals surface area contributed by atoms with Crippen LogP contribution < -0.4 is 14.8 Å². The summed E-state index contributed by atoms with van der Waals surface area (Å²) in [6.07, 6.45) is 4.91.